The van der Waals surface area contributed by atoms with Gasteiger partial charge in [0.25, 0.3) is 0 Å². The molecule has 0 fully saturated rings. The Hall–Kier alpha value is -1.25. The van der Waals surface area contributed by atoms with Crippen LogP contribution in [-0.4, -0.2) is 18.2 Å². The molecule has 120 valence electrons. The fourth-order valence-electron chi connectivity index (χ4n) is 3.11. The van der Waals surface area contributed by atoms with Crippen molar-refractivity contribution in [2.45, 2.75) is 71.8 Å². The van der Waals surface area contributed by atoms with Crippen LogP contribution in [0.3, 0.4) is 0 Å². The monoisotopic (exact) mass is 293 g/mol. The highest BCUT2D eigenvalue weighted by atomic mass is 16.6. The van der Waals surface area contributed by atoms with Crippen LogP contribution in [0.4, 0.5) is 4.79 Å². The zero-order chi connectivity index (χ0) is 15.9. The molecule has 0 saturated heterocycles. The van der Waals surface area contributed by atoms with Gasteiger partial charge in [0.15, 0.2) is 0 Å². The fraction of sp³-hybridized carbons (Fsp3) is 0.722. The number of nitrogens with one attached hydrogen (secondary N) is 1. The summed E-state index contributed by atoms with van der Waals surface area (Å²) in [4.78, 5) is 11.6. The van der Waals surface area contributed by atoms with Gasteiger partial charge in [-0.05, 0) is 64.7 Å². The Balaban J connectivity index is 2.35. The largest absolute Gasteiger partial charge is 0.444 e. The maximum absolute atomic E-state index is 11.6. The van der Waals surface area contributed by atoms with E-state index in [0.29, 0.717) is 12.0 Å². The lowest BCUT2D eigenvalue weighted by molar-refractivity contribution is 0.0527. The maximum Gasteiger partial charge on any atom is 0.407 e. The van der Waals surface area contributed by atoms with E-state index in [1.165, 1.54) is 19.3 Å². The zero-order valence-electron chi connectivity index (χ0n) is 14.1. The van der Waals surface area contributed by atoms with Gasteiger partial charge >= 0.3 is 6.09 Å². The van der Waals surface area contributed by atoms with E-state index in [0.717, 1.165) is 19.3 Å². The second kappa shape index (κ2) is 7.67. The van der Waals surface area contributed by atoms with Crippen LogP contribution in [0.15, 0.2) is 24.3 Å². The number of allylic oxidation sites excluding steroid dienone is 3. The first-order valence-corrected chi connectivity index (χ1v) is 8.10. The Labute approximate surface area is 129 Å². The number of rotatable bonds is 7. The smallest absolute Gasteiger partial charge is 0.407 e. The topological polar surface area (TPSA) is 38.3 Å². The summed E-state index contributed by atoms with van der Waals surface area (Å²) < 4.78 is 5.23. The molecule has 0 aromatic rings. The molecular formula is C18H31NO2. The van der Waals surface area contributed by atoms with Crippen LogP contribution in [-0.2, 0) is 4.74 Å². The molecule has 1 N–H and O–H groups in total. The number of carbonyl (C=O) groups is 1. The lowest BCUT2D eigenvalue weighted by atomic mass is 9.74. The summed E-state index contributed by atoms with van der Waals surface area (Å²) in [6, 6.07) is 0. The average Bonchev–Trinajstić information content (AvgIpc) is 2.76. The van der Waals surface area contributed by atoms with Gasteiger partial charge in [-0.15, -0.1) is 6.58 Å². The van der Waals surface area contributed by atoms with Crippen molar-refractivity contribution in [3.63, 3.8) is 0 Å². The number of amides is 1. The van der Waals surface area contributed by atoms with Crippen molar-refractivity contribution in [2.24, 2.45) is 5.41 Å². The first-order chi connectivity index (χ1) is 9.83. The molecule has 1 aliphatic carbocycles. The minimum atomic E-state index is -0.431. The Morgan fingerprint density at radius 2 is 2.24 bits per heavy atom. The molecule has 0 bridgehead atoms. The lowest BCUT2D eigenvalue weighted by Gasteiger charge is -2.30. The molecule has 1 unspecified atom stereocenters. The lowest BCUT2D eigenvalue weighted by Crippen LogP contribution is -2.33. The van der Waals surface area contributed by atoms with E-state index in [1.54, 1.807) is 5.57 Å². The third-order valence-electron chi connectivity index (χ3n) is 4.20. The predicted molar refractivity (Wildman–Crippen MR) is 88.3 cm³/mol. The van der Waals surface area contributed by atoms with Crippen LogP contribution in [0.25, 0.3) is 0 Å². The van der Waals surface area contributed by atoms with Crippen molar-refractivity contribution >= 4 is 6.09 Å². The summed E-state index contributed by atoms with van der Waals surface area (Å²) in [7, 11) is 0. The third-order valence-corrected chi connectivity index (χ3v) is 4.20. The van der Waals surface area contributed by atoms with Crippen LogP contribution in [0.2, 0.25) is 0 Å². The van der Waals surface area contributed by atoms with Gasteiger partial charge in [0, 0.05) is 6.54 Å². The quantitative estimate of drug-likeness (QED) is 0.531. The summed E-state index contributed by atoms with van der Waals surface area (Å²) in [5.41, 5.74) is 1.45. The second-order valence-electron chi connectivity index (χ2n) is 6.93. The van der Waals surface area contributed by atoms with Gasteiger partial charge in [-0.1, -0.05) is 24.6 Å². The summed E-state index contributed by atoms with van der Waals surface area (Å²) in [5, 5.41) is 2.83. The van der Waals surface area contributed by atoms with Crippen molar-refractivity contribution in [3.05, 3.63) is 24.3 Å². The Bertz CT molecular complexity index is 393. The molecule has 3 nitrogen and oxygen atoms in total. The molecule has 1 atom stereocenters. The van der Waals surface area contributed by atoms with Crippen molar-refractivity contribution in [3.8, 4) is 0 Å². The molecular weight excluding hydrogens is 262 g/mol. The number of ether oxygens (including phenoxy) is 1. The second-order valence-corrected chi connectivity index (χ2v) is 6.93. The first kappa shape index (κ1) is 17.8. The van der Waals surface area contributed by atoms with E-state index >= 15 is 0 Å². The summed E-state index contributed by atoms with van der Waals surface area (Å²) in [6.45, 7) is 12.5. The maximum atomic E-state index is 11.6. The molecule has 21 heavy (non-hydrogen) atoms. The normalized spacial score (nSPS) is 21.8. The molecule has 0 aromatic heterocycles. The molecule has 0 heterocycles. The standard InChI is InChI=1S/C18H31NO2/c1-6-12-18(7-2)13-8-10-15(18)11-9-14-19-16(20)21-17(3,4)5/h6,10H,1,7-9,11-14H2,2-5H3,(H,19,20). The van der Waals surface area contributed by atoms with E-state index < -0.39 is 5.60 Å². The first-order valence-electron chi connectivity index (χ1n) is 8.10. The minimum absolute atomic E-state index is 0.323. The van der Waals surface area contributed by atoms with E-state index in [1.807, 2.05) is 26.8 Å². The van der Waals surface area contributed by atoms with Crippen LogP contribution in [0.1, 0.15) is 66.2 Å². The summed E-state index contributed by atoms with van der Waals surface area (Å²) in [5.74, 6) is 0. The van der Waals surface area contributed by atoms with E-state index in [9.17, 15) is 4.79 Å². The van der Waals surface area contributed by atoms with Crippen molar-refractivity contribution in [2.75, 3.05) is 6.54 Å². The molecule has 1 aliphatic rings. The average molecular weight is 293 g/mol. The Morgan fingerprint density at radius 1 is 1.52 bits per heavy atom. The Morgan fingerprint density at radius 3 is 2.81 bits per heavy atom. The van der Waals surface area contributed by atoms with Gasteiger partial charge in [-0.3, -0.25) is 0 Å². The molecule has 0 radical (unpaired) electrons. The zero-order valence-corrected chi connectivity index (χ0v) is 14.1. The van der Waals surface area contributed by atoms with Crippen LogP contribution in [0, 0.1) is 5.41 Å². The van der Waals surface area contributed by atoms with E-state index in [4.69, 9.17) is 4.74 Å². The molecule has 1 amide bonds. The SMILES string of the molecule is C=CCC1(CC)CCC=C1CCCNC(=O)OC(C)(C)C. The molecule has 0 aromatic carbocycles. The predicted octanol–water partition coefficient (Wildman–Crippen LogP) is 4.98. The number of carbonyl (C=O) groups excluding carboxylic acids is 1. The van der Waals surface area contributed by atoms with Crippen molar-refractivity contribution in [1.29, 1.82) is 0 Å². The van der Waals surface area contributed by atoms with Gasteiger partial charge < -0.3 is 10.1 Å². The molecule has 1 rings (SSSR count). The highest BCUT2D eigenvalue weighted by Crippen LogP contribution is 2.46. The third kappa shape index (κ3) is 5.56. The Kier molecular flexibility index (Phi) is 6.50. The van der Waals surface area contributed by atoms with Crippen molar-refractivity contribution in [1.82, 2.24) is 5.32 Å². The van der Waals surface area contributed by atoms with Gasteiger partial charge in [-0.2, -0.15) is 0 Å². The molecule has 3 heteroatoms. The van der Waals surface area contributed by atoms with Crippen molar-refractivity contribution < 1.29 is 9.53 Å². The number of hydrogen-bond donors (Lipinski definition) is 1. The molecule has 0 aliphatic heterocycles. The highest BCUT2D eigenvalue weighted by Gasteiger charge is 2.33. The van der Waals surface area contributed by atoms with Gasteiger partial charge in [-0.25, -0.2) is 4.79 Å². The highest BCUT2D eigenvalue weighted by molar-refractivity contribution is 5.67. The summed E-state index contributed by atoms with van der Waals surface area (Å²) >= 11 is 0. The number of hydrogen-bond acceptors (Lipinski definition) is 2. The van der Waals surface area contributed by atoms with Gasteiger partial charge in [0.1, 0.15) is 5.60 Å². The number of alkyl carbamates (subject to hydrolysis) is 1. The van der Waals surface area contributed by atoms with Crippen LogP contribution >= 0.6 is 0 Å². The molecule has 0 saturated carbocycles. The van der Waals surface area contributed by atoms with E-state index in [2.05, 4.69) is 24.9 Å². The summed E-state index contributed by atoms with van der Waals surface area (Å²) in [6.07, 6.45) is 10.8. The van der Waals surface area contributed by atoms with Gasteiger partial charge in [0.05, 0.1) is 0 Å². The fourth-order valence-corrected chi connectivity index (χ4v) is 3.11. The molecule has 0 spiro atoms. The van der Waals surface area contributed by atoms with Gasteiger partial charge in [0.2, 0.25) is 0 Å². The minimum Gasteiger partial charge on any atom is -0.444 e. The van der Waals surface area contributed by atoms with E-state index in [-0.39, 0.29) is 6.09 Å². The van der Waals surface area contributed by atoms with Crippen LogP contribution in [0.5, 0.6) is 0 Å². The van der Waals surface area contributed by atoms with Crippen LogP contribution < -0.4 is 5.32 Å².